The van der Waals surface area contributed by atoms with Gasteiger partial charge in [0.05, 0.1) is 0 Å². The summed E-state index contributed by atoms with van der Waals surface area (Å²) in [6.45, 7) is 8.00. The van der Waals surface area contributed by atoms with Gasteiger partial charge in [0.15, 0.2) is 0 Å². The molecule has 1 N–H and O–H groups in total. The lowest BCUT2D eigenvalue weighted by molar-refractivity contribution is 0.102. The Morgan fingerprint density at radius 3 is 2.10 bits per heavy atom. The van der Waals surface area contributed by atoms with Crippen LogP contribution in [0.4, 0.5) is 5.69 Å². The highest BCUT2D eigenvalue weighted by Gasteiger charge is 2.13. The largest absolute Gasteiger partial charge is 0.322 e. The Kier molecular flexibility index (Phi) is 4.29. The van der Waals surface area contributed by atoms with Crippen LogP contribution in [-0.2, 0) is 0 Å². The minimum absolute atomic E-state index is 0.0595. The second-order valence-corrected chi connectivity index (χ2v) is 6.05. The van der Waals surface area contributed by atoms with Gasteiger partial charge in [-0.15, -0.1) is 0 Å². The van der Waals surface area contributed by atoms with Gasteiger partial charge in [0.1, 0.15) is 0 Å². The standard InChI is InChI=1S/C17H18BrNO/c1-10-7-12(3)16(13(4)8-10)17(20)19-14-6-5-11(2)15(18)9-14/h5-9H,1-4H3,(H,19,20). The lowest BCUT2D eigenvalue weighted by atomic mass is 9.99. The maximum absolute atomic E-state index is 12.4. The third-order valence-corrected chi connectivity index (χ3v) is 4.19. The van der Waals surface area contributed by atoms with Crippen LogP contribution in [0.2, 0.25) is 0 Å². The minimum Gasteiger partial charge on any atom is -0.322 e. The van der Waals surface area contributed by atoms with Gasteiger partial charge in [-0.25, -0.2) is 0 Å². The number of benzene rings is 2. The molecule has 2 aromatic carbocycles. The lowest BCUT2D eigenvalue weighted by Crippen LogP contribution is -2.15. The van der Waals surface area contributed by atoms with E-state index in [2.05, 4.69) is 21.2 Å². The number of rotatable bonds is 2. The molecule has 0 radical (unpaired) electrons. The number of carbonyl (C=O) groups excluding carboxylic acids is 1. The van der Waals surface area contributed by atoms with Crippen molar-refractivity contribution in [3.05, 3.63) is 62.6 Å². The molecule has 0 fully saturated rings. The SMILES string of the molecule is Cc1cc(C)c(C(=O)Nc2ccc(C)c(Br)c2)c(C)c1. The molecule has 0 bridgehead atoms. The first-order valence-corrected chi connectivity index (χ1v) is 7.33. The third kappa shape index (κ3) is 3.10. The Morgan fingerprint density at radius 1 is 0.950 bits per heavy atom. The molecule has 0 aromatic heterocycles. The van der Waals surface area contributed by atoms with Gasteiger partial charge >= 0.3 is 0 Å². The first-order chi connectivity index (χ1) is 9.38. The van der Waals surface area contributed by atoms with Gasteiger partial charge in [0, 0.05) is 15.7 Å². The molecule has 2 nitrogen and oxygen atoms in total. The molecule has 0 aliphatic carbocycles. The summed E-state index contributed by atoms with van der Waals surface area (Å²) in [5, 5.41) is 2.96. The first-order valence-electron chi connectivity index (χ1n) is 6.54. The minimum atomic E-state index is -0.0595. The molecule has 0 saturated carbocycles. The third-order valence-electron chi connectivity index (χ3n) is 3.33. The van der Waals surface area contributed by atoms with Crippen molar-refractivity contribution in [3.63, 3.8) is 0 Å². The van der Waals surface area contributed by atoms with Crippen LogP contribution >= 0.6 is 15.9 Å². The van der Waals surface area contributed by atoms with E-state index in [0.717, 1.165) is 32.4 Å². The van der Waals surface area contributed by atoms with Gasteiger partial charge in [0.2, 0.25) is 0 Å². The van der Waals surface area contributed by atoms with Crippen molar-refractivity contribution in [2.45, 2.75) is 27.7 Å². The number of hydrogen-bond donors (Lipinski definition) is 1. The summed E-state index contributed by atoms with van der Waals surface area (Å²) >= 11 is 3.48. The van der Waals surface area contributed by atoms with Gasteiger partial charge < -0.3 is 5.32 Å². The summed E-state index contributed by atoms with van der Waals surface area (Å²) in [5.74, 6) is -0.0595. The zero-order valence-electron chi connectivity index (χ0n) is 12.2. The lowest BCUT2D eigenvalue weighted by Gasteiger charge is -2.12. The molecule has 0 aliphatic heterocycles. The average molecular weight is 332 g/mol. The van der Waals surface area contributed by atoms with E-state index in [1.807, 2.05) is 58.0 Å². The summed E-state index contributed by atoms with van der Waals surface area (Å²) in [4.78, 5) is 12.4. The Hall–Kier alpha value is -1.61. The maximum atomic E-state index is 12.4. The van der Waals surface area contributed by atoms with Crippen LogP contribution in [-0.4, -0.2) is 5.91 Å². The van der Waals surface area contributed by atoms with Gasteiger partial charge in [0.25, 0.3) is 5.91 Å². The quantitative estimate of drug-likeness (QED) is 0.830. The maximum Gasteiger partial charge on any atom is 0.256 e. The van der Waals surface area contributed by atoms with E-state index < -0.39 is 0 Å². The fourth-order valence-electron chi connectivity index (χ4n) is 2.40. The Balaban J connectivity index is 2.31. The Labute approximate surface area is 128 Å². The highest BCUT2D eigenvalue weighted by Crippen LogP contribution is 2.22. The van der Waals surface area contributed by atoms with E-state index in [1.165, 1.54) is 5.56 Å². The number of aryl methyl sites for hydroxylation is 4. The zero-order chi connectivity index (χ0) is 14.9. The smallest absolute Gasteiger partial charge is 0.256 e. The van der Waals surface area contributed by atoms with E-state index in [4.69, 9.17) is 0 Å². The molecule has 104 valence electrons. The van der Waals surface area contributed by atoms with E-state index in [-0.39, 0.29) is 5.91 Å². The molecule has 0 unspecified atom stereocenters. The van der Waals surface area contributed by atoms with Crippen LogP contribution < -0.4 is 5.32 Å². The summed E-state index contributed by atoms with van der Waals surface area (Å²) < 4.78 is 0.993. The normalized spacial score (nSPS) is 10.4. The van der Waals surface area contributed by atoms with E-state index in [9.17, 15) is 4.79 Å². The molecule has 0 spiro atoms. The topological polar surface area (TPSA) is 29.1 Å². The molecule has 0 aliphatic rings. The molecule has 2 aromatic rings. The van der Waals surface area contributed by atoms with Crippen molar-refractivity contribution in [2.75, 3.05) is 5.32 Å². The van der Waals surface area contributed by atoms with Crippen molar-refractivity contribution in [2.24, 2.45) is 0 Å². The number of halogens is 1. The second-order valence-electron chi connectivity index (χ2n) is 5.19. The fourth-order valence-corrected chi connectivity index (χ4v) is 2.78. The summed E-state index contributed by atoms with van der Waals surface area (Å²) in [7, 11) is 0. The summed E-state index contributed by atoms with van der Waals surface area (Å²) in [5.41, 5.74) is 5.89. The molecular weight excluding hydrogens is 314 g/mol. The molecule has 0 heterocycles. The van der Waals surface area contributed by atoms with Crippen molar-refractivity contribution >= 4 is 27.5 Å². The molecule has 20 heavy (non-hydrogen) atoms. The second kappa shape index (κ2) is 5.80. The Morgan fingerprint density at radius 2 is 1.55 bits per heavy atom. The van der Waals surface area contributed by atoms with Gasteiger partial charge in [-0.1, -0.05) is 39.7 Å². The highest BCUT2D eigenvalue weighted by atomic mass is 79.9. The van der Waals surface area contributed by atoms with Gasteiger partial charge in [-0.2, -0.15) is 0 Å². The average Bonchev–Trinajstić information content (AvgIpc) is 2.32. The number of hydrogen-bond acceptors (Lipinski definition) is 1. The first kappa shape index (κ1) is 14.8. The highest BCUT2D eigenvalue weighted by molar-refractivity contribution is 9.10. The van der Waals surface area contributed by atoms with Crippen LogP contribution in [0, 0.1) is 27.7 Å². The Bertz CT molecular complexity index is 654. The number of carbonyl (C=O) groups is 1. The van der Waals surface area contributed by atoms with Crippen LogP contribution in [0.3, 0.4) is 0 Å². The van der Waals surface area contributed by atoms with Crippen LogP contribution in [0.5, 0.6) is 0 Å². The van der Waals surface area contributed by atoms with E-state index in [0.29, 0.717) is 0 Å². The predicted molar refractivity (Wildman–Crippen MR) is 87.5 cm³/mol. The molecule has 1 amide bonds. The summed E-state index contributed by atoms with van der Waals surface area (Å²) in [6, 6.07) is 9.89. The number of amides is 1. The van der Waals surface area contributed by atoms with Crippen molar-refractivity contribution in [1.82, 2.24) is 0 Å². The number of anilines is 1. The van der Waals surface area contributed by atoms with Crippen LogP contribution in [0.25, 0.3) is 0 Å². The molecule has 0 atom stereocenters. The van der Waals surface area contributed by atoms with Crippen LogP contribution in [0.15, 0.2) is 34.8 Å². The fraction of sp³-hybridized carbons (Fsp3) is 0.235. The van der Waals surface area contributed by atoms with E-state index in [1.54, 1.807) is 0 Å². The molecule has 3 heteroatoms. The molecule has 0 saturated heterocycles. The monoisotopic (exact) mass is 331 g/mol. The van der Waals surface area contributed by atoms with Gasteiger partial charge in [-0.05, 0) is 56.5 Å². The molecule has 2 rings (SSSR count). The van der Waals surface area contributed by atoms with Crippen molar-refractivity contribution in [3.8, 4) is 0 Å². The van der Waals surface area contributed by atoms with E-state index >= 15 is 0 Å². The summed E-state index contributed by atoms with van der Waals surface area (Å²) in [6.07, 6.45) is 0. The van der Waals surface area contributed by atoms with Crippen LogP contribution in [0.1, 0.15) is 32.6 Å². The van der Waals surface area contributed by atoms with Crippen molar-refractivity contribution < 1.29 is 4.79 Å². The zero-order valence-corrected chi connectivity index (χ0v) is 13.8. The predicted octanol–water partition coefficient (Wildman–Crippen LogP) is 4.94. The number of nitrogens with one attached hydrogen (secondary N) is 1. The molecular formula is C17H18BrNO. The van der Waals surface area contributed by atoms with Gasteiger partial charge in [-0.3, -0.25) is 4.79 Å². The van der Waals surface area contributed by atoms with Crippen molar-refractivity contribution in [1.29, 1.82) is 0 Å².